The van der Waals surface area contributed by atoms with Crippen molar-refractivity contribution in [1.29, 1.82) is 0 Å². The Hall–Kier alpha value is -1.68. The monoisotopic (exact) mass is 252 g/mol. The molecule has 2 rings (SSSR count). The molecule has 0 radical (unpaired) electrons. The second-order valence-electron chi connectivity index (χ2n) is 3.74. The first kappa shape index (κ1) is 11.8. The van der Waals surface area contributed by atoms with E-state index in [-0.39, 0.29) is 17.2 Å². The largest absolute Gasteiger partial charge is 0.331 e. The number of aromatic nitrogens is 2. The SMILES string of the molecule is Cn1cncc1C(=O)Cc1ccc(F)c(Cl)c1. The molecule has 0 spiro atoms. The summed E-state index contributed by atoms with van der Waals surface area (Å²) in [5.74, 6) is -0.559. The molecule has 1 aromatic heterocycles. The quantitative estimate of drug-likeness (QED) is 0.787. The first-order valence-electron chi connectivity index (χ1n) is 5.01. The molecule has 0 aliphatic rings. The third kappa shape index (κ3) is 2.53. The van der Waals surface area contributed by atoms with Crippen molar-refractivity contribution in [3.63, 3.8) is 0 Å². The van der Waals surface area contributed by atoms with E-state index in [1.165, 1.54) is 18.3 Å². The van der Waals surface area contributed by atoms with Gasteiger partial charge in [-0.3, -0.25) is 4.79 Å². The highest BCUT2D eigenvalue weighted by Gasteiger charge is 2.11. The predicted molar refractivity (Wildman–Crippen MR) is 62.7 cm³/mol. The number of ketones is 1. The molecule has 17 heavy (non-hydrogen) atoms. The van der Waals surface area contributed by atoms with Gasteiger partial charge in [0.1, 0.15) is 11.5 Å². The van der Waals surface area contributed by atoms with Gasteiger partial charge in [0.05, 0.1) is 17.5 Å². The van der Waals surface area contributed by atoms with Crippen molar-refractivity contribution in [1.82, 2.24) is 9.55 Å². The normalized spacial score (nSPS) is 10.5. The maximum absolute atomic E-state index is 12.9. The highest BCUT2D eigenvalue weighted by Crippen LogP contribution is 2.17. The van der Waals surface area contributed by atoms with E-state index in [0.717, 1.165) is 0 Å². The van der Waals surface area contributed by atoms with E-state index in [4.69, 9.17) is 11.6 Å². The maximum atomic E-state index is 12.9. The number of aryl methyl sites for hydroxylation is 1. The fraction of sp³-hybridized carbons (Fsp3) is 0.167. The second kappa shape index (κ2) is 4.67. The molecule has 3 nitrogen and oxygen atoms in total. The summed E-state index contributed by atoms with van der Waals surface area (Å²) in [6.45, 7) is 0. The topological polar surface area (TPSA) is 34.9 Å². The van der Waals surface area contributed by atoms with Crippen LogP contribution in [0.25, 0.3) is 0 Å². The lowest BCUT2D eigenvalue weighted by molar-refractivity contribution is 0.0985. The van der Waals surface area contributed by atoms with Gasteiger partial charge in [-0.15, -0.1) is 0 Å². The Morgan fingerprint density at radius 2 is 2.29 bits per heavy atom. The number of halogens is 2. The number of benzene rings is 1. The van der Waals surface area contributed by atoms with Gasteiger partial charge in [0.25, 0.3) is 0 Å². The Bertz CT molecular complexity index is 565. The van der Waals surface area contributed by atoms with Crippen LogP contribution in [0.4, 0.5) is 4.39 Å². The van der Waals surface area contributed by atoms with E-state index in [0.29, 0.717) is 11.3 Å². The molecule has 88 valence electrons. The summed E-state index contributed by atoms with van der Waals surface area (Å²) < 4.78 is 14.6. The lowest BCUT2D eigenvalue weighted by Crippen LogP contribution is -2.08. The summed E-state index contributed by atoms with van der Waals surface area (Å²) in [6, 6.07) is 4.27. The maximum Gasteiger partial charge on any atom is 0.185 e. The van der Waals surface area contributed by atoms with Gasteiger partial charge in [-0.05, 0) is 17.7 Å². The minimum absolute atomic E-state index is 0.0281. The van der Waals surface area contributed by atoms with E-state index >= 15 is 0 Å². The number of hydrogen-bond donors (Lipinski definition) is 0. The van der Waals surface area contributed by atoms with Gasteiger partial charge in [0.2, 0.25) is 0 Å². The molecule has 5 heteroatoms. The standard InChI is InChI=1S/C12H10ClFN2O/c1-16-7-15-6-11(16)12(17)5-8-2-3-10(14)9(13)4-8/h2-4,6-7H,5H2,1H3. The average Bonchev–Trinajstić information content (AvgIpc) is 2.70. The van der Waals surface area contributed by atoms with Crippen molar-refractivity contribution in [3.05, 3.63) is 52.8 Å². The van der Waals surface area contributed by atoms with Gasteiger partial charge in [-0.2, -0.15) is 0 Å². The third-order valence-corrected chi connectivity index (χ3v) is 2.74. The highest BCUT2D eigenvalue weighted by molar-refractivity contribution is 6.30. The molecule has 0 aliphatic heterocycles. The lowest BCUT2D eigenvalue weighted by atomic mass is 10.1. The molecule has 0 saturated carbocycles. The van der Waals surface area contributed by atoms with Crippen LogP contribution in [0, 0.1) is 5.82 Å². The number of nitrogens with zero attached hydrogens (tertiary/aromatic N) is 2. The van der Waals surface area contributed by atoms with Crippen molar-refractivity contribution in [2.75, 3.05) is 0 Å². The minimum atomic E-state index is -0.483. The molecule has 0 saturated heterocycles. The minimum Gasteiger partial charge on any atom is -0.331 e. The van der Waals surface area contributed by atoms with Gasteiger partial charge in [0, 0.05) is 13.5 Å². The Labute approximate surface area is 103 Å². The van der Waals surface area contributed by atoms with Crippen LogP contribution in [-0.2, 0) is 13.5 Å². The lowest BCUT2D eigenvalue weighted by Gasteiger charge is -2.03. The van der Waals surface area contributed by atoms with Crippen LogP contribution in [0.2, 0.25) is 5.02 Å². The Balaban J connectivity index is 2.19. The number of hydrogen-bond acceptors (Lipinski definition) is 2. The molecule has 0 N–H and O–H groups in total. The van der Waals surface area contributed by atoms with Gasteiger partial charge in [-0.25, -0.2) is 9.37 Å². The first-order chi connectivity index (χ1) is 8.08. The smallest absolute Gasteiger partial charge is 0.185 e. The number of Topliss-reactive ketones (excluding diaryl/α,β-unsaturated/α-hetero) is 1. The van der Waals surface area contributed by atoms with E-state index < -0.39 is 5.82 Å². The van der Waals surface area contributed by atoms with Gasteiger partial charge in [-0.1, -0.05) is 17.7 Å². The fourth-order valence-electron chi connectivity index (χ4n) is 1.55. The van der Waals surface area contributed by atoms with Crippen LogP contribution in [0.1, 0.15) is 16.1 Å². The van der Waals surface area contributed by atoms with E-state index in [1.807, 2.05) is 0 Å². The van der Waals surface area contributed by atoms with Crippen LogP contribution in [0.15, 0.2) is 30.7 Å². The Morgan fingerprint density at radius 1 is 1.53 bits per heavy atom. The molecule has 1 heterocycles. The molecule has 0 fully saturated rings. The number of rotatable bonds is 3. The van der Waals surface area contributed by atoms with Gasteiger partial charge >= 0.3 is 0 Å². The van der Waals surface area contributed by atoms with E-state index in [2.05, 4.69) is 4.98 Å². The Kier molecular flexibility index (Phi) is 3.24. The van der Waals surface area contributed by atoms with Crippen LogP contribution >= 0.6 is 11.6 Å². The first-order valence-corrected chi connectivity index (χ1v) is 5.39. The van der Waals surface area contributed by atoms with E-state index in [9.17, 15) is 9.18 Å². The van der Waals surface area contributed by atoms with E-state index in [1.54, 1.807) is 24.0 Å². The molecule has 1 aromatic carbocycles. The van der Waals surface area contributed by atoms with Crippen LogP contribution in [0.3, 0.4) is 0 Å². The van der Waals surface area contributed by atoms with Crippen LogP contribution < -0.4 is 0 Å². The molecule has 2 aromatic rings. The second-order valence-corrected chi connectivity index (χ2v) is 4.15. The summed E-state index contributed by atoms with van der Waals surface area (Å²) >= 11 is 5.65. The van der Waals surface area contributed by atoms with Crippen LogP contribution in [-0.4, -0.2) is 15.3 Å². The van der Waals surface area contributed by atoms with Gasteiger partial charge < -0.3 is 4.57 Å². The number of imidazole rings is 1. The van der Waals surface area contributed by atoms with Crippen molar-refractivity contribution in [2.24, 2.45) is 7.05 Å². The molecular formula is C12H10ClFN2O. The molecule has 0 atom stereocenters. The zero-order valence-corrected chi connectivity index (χ0v) is 9.91. The van der Waals surface area contributed by atoms with Crippen molar-refractivity contribution in [2.45, 2.75) is 6.42 Å². The molecule has 0 unspecified atom stereocenters. The third-order valence-electron chi connectivity index (χ3n) is 2.45. The molecule has 0 bridgehead atoms. The van der Waals surface area contributed by atoms with Gasteiger partial charge in [0.15, 0.2) is 5.78 Å². The van der Waals surface area contributed by atoms with Crippen LogP contribution in [0.5, 0.6) is 0 Å². The average molecular weight is 253 g/mol. The molecule has 0 aliphatic carbocycles. The highest BCUT2D eigenvalue weighted by atomic mass is 35.5. The molecule has 0 amide bonds. The fourth-order valence-corrected chi connectivity index (χ4v) is 1.75. The summed E-state index contributed by atoms with van der Waals surface area (Å²) in [5.41, 5.74) is 1.20. The summed E-state index contributed by atoms with van der Waals surface area (Å²) in [7, 11) is 1.75. The summed E-state index contributed by atoms with van der Waals surface area (Å²) in [4.78, 5) is 15.8. The summed E-state index contributed by atoms with van der Waals surface area (Å²) in [6.07, 6.45) is 3.25. The Morgan fingerprint density at radius 3 is 2.88 bits per heavy atom. The van der Waals surface area contributed by atoms with Crippen molar-refractivity contribution in [3.8, 4) is 0 Å². The van der Waals surface area contributed by atoms with Crippen molar-refractivity contribution >= 4 is 17.4 Å². The number of carbonyl (C=O) groups is 1. The zero-order valence-electron chi connectivity index (χ0n) is 9.15. The van der Waals surface area contributed by atoms with Crippen molar-refractivity contribution < 1.29 is 9.18 Å². The predicted octanol–water partition coefficient (Wildman–Crippen LogP) is 2.64. The number of carbonyl (C=O) groups excluding carboxylic acids is 1. The zero-order chi connectivity index (χ0) is 12.4. The molecular weight excluding hydrogens is 243 g/mol. The summed E-state index contributed by atoms with van der Waals surface area (Å²) in [5, 5.41) is 0.0281.